The van der Waals surface area contributed by atoms with Gasteiger partial charge in [-0.05, 0) is 30.5 Å². The summed E-state index contributed by atoms with van der Waals surface area (Å²) in [7, 11) is 1.49. The van der Waals surface area contributed by atoms with Gasteiger partial charge in [0.2, 0.25) is 5.91 Å². The van der Waals surface area contributed by atoms with Gasteiger partial charge in [-0.15, -0.1) is 11.8 Å². The minimum atomic E-state index is -0.315. The second-order valence-corrected chi connectivity index (χ2v) is 7.78. The van der Waals surface area contributed by atoms with Crippen molar-refractivity contribution in [2.45, 2.75) is 37.0 Å². The van der Waals surface area contributed by atoms with Crippen molar-refractivity contribution < 1.29 is 14.6 Å². The molecule has 8 heteroatoms. The van der Waals surface area contributed by atoms with Crippen LogP contribution in [0.2, 0.25) is 0 Å². The summed E-state index contributed by atoms with van der Waals surface area (Å²) in [5.41, 5.74) is 1.19. The van der Waals surface area contributed by atoms with Gasteiger partial charge in [-0.25, -0.2) is 0 Å². The van der Waals surface area contributed by atoms with E-state index in [4.69, 9.17) is 4.74 Å². The van der Waals surface area contributed by atoms with Crippen molar-refractivity contribution in [1.29, 1.82) is 0 Å². The van der Waals surface area contributed by atoms with Crippen molar-refractivity contribution in [3.05, 3.63) is 39.7 Å². The van der Waals surface area contributed by atoms with Crippen LogP contribution < -0.4 is 15.6 Å². The second-order valence-electron chi connectivity index (χ2n) is 6.68. The van der Waals surface area contributed by atoms with E-state index in [0.717, 1.165) is 31.2 Å². The normalized spacial score (nSPS) is 20.5. The first-order valence-electron chi connectivity index (χ1n) is 8.71. The van der Waals surface area contributed by atoms with Crippen LogP contribution in [0.15, 0.2) is 23.0 Å². The number of aromatic hydroxyl groups is 1. The van der Waals surface area contributed by atoms with Crippen LogP contribution in [-0.4, -0.2) is 33.7 Å². The number of aromatic nitrogens is 2. The van der Waals surface area contributed by atoms with Crippen LogP contribution in [0.4, 0.5) is 5.82 Å². The Morgan fingerprint density at radius 1 is 1.27 bits per heavy atom. The Bertz CT molecular complexity index is 898. The zero-order chi connectivity index (χ0) is 18.3. The maximum atomic E-state index is 12.8. The highest BCUT2D eigenvalue weighted by Gasteiger charge is 2.33. The van der Waals surface area contributed by atoms with E-state index in [1.807, 2.05) is 4.68 Å². The number of anilines is 1. The number of fused-ring (bicyclic) bond motifs is 1. The molecule has 2 aromatic rings. The fraction of sp³-hybridized carbons (Fsp3) is 0.444. The molecule has 138 valence electrons. The van der Waals surface area contributed by atoms with E-state index in [0.29, 0.717) is 17.1 Å². The Hall–Kier alpha value is -2.35. The van der Waals surface area contributed by atoms with Crippen LogP contribution in [-0.2, 0) is 4.79 Å². The molecule has 2 aliphatic rings. The summed E-state index contributed by atoms with van der Waals surface area (Å²) in [6.07, 6.45) is 4.25. The third-order valence-electron chi connectivity index (χ3n) is 5.06. The number of benzene rings is 1. The molecule has 3 N–H and O–H groups in total. The number of hydrogen-bond donors (Lipinski definition) is 3. The predicted octanol–water partition coefficient (Wildman–Crippen LogP) is 2.78. The number of carbonyl (C=O) groups is 1. The standard InChI is InChI=1S/C18H21N3O4S/c1-25-13-8-10(6-7-12(13)22)16-15-17(19-14(23)9-26-16)21(20-18(15)24)11-4-2-3-5-11/h6-8,11,16,22H,2-5,9H2,1H3,(H,19,23)(H,20,24). The maximum absolute atomic E-state index is 12.8. The third-order valence-corrected chi connectivity index (χ3v) is 6.33. The van der Waals surface area contributed by atoms with Gasteiger partial charge in [0, 0.05) is 0 Å². The zero-order valence-corrected chi connectivity index (χ0v) is 15.3. The van der Waals surface area contributed by atoms with Crippen molar-refractivity contribution in [3.8, 4) is 11.5 Å². The molecule has 0 radical (unpaired) electrons. The quantitative estimate of drug-likeness (QED) is 0.767. The van der Waals surface area contributed by atoms with Gasteiger partial charge >= 0.3 is 0 Å². The molecular weight excluding hydrogens is 354 g/mol. The highest BCUT2D eigenvalue weighted by molar-refractivity contribution is 8.00. The number of amides is 1. The number of methoxy groups -OCH3 is 1. The van der Waals surface area contributed by atoms with Crippen LogP contribution in [0, 0.1) is 0 Å². The Balaban J connectivity index is 1.84. The summed E-state index contributed by atoms with van der Waals surface area (Å²) in [5.74, 6) is 1.11. The molecule has 1 aliphatic heterocycles. The van der Waals surface area contributed by atoms with Gasteiger partial charge in [0.15, 0.2) is 11.5 Å². The number of phenols is 1. The number of phenolic OH excluding ortho intramolecular Hbond substituents is 1. The summed E-state index contributed by atoms with van der Waals surface area (Å²) in [4.78, 5) is 25.0. The second kappa shape index (κ2) is 6.75. The zero-order valence-electron chi connectivity index (χ0n) is 14.4. The summed E-state index contributed by atoms with van der Waals surface area (Å²) in [6, 6.07) is 5.25. The Labute approximate surface area is 154 Å². The van der Waals surface area contributed by atoms with E-state index < -0.39 is 0 Å². The van der Waals surface area contributed by atoms with Crippen molar-refractivity contribution >= 4 is 23.5 Å². The third kappa shape index (κ3) is 2.88. The minimum absolute atomic E-state index is 0.0433. The van der Waals surface area contributed by atoms with E-state index in [2.05, 4.69) is 10.4 Å². The van der Waals surface area contributed by atoms with Crippen molar-refractivity contribution in [1.82, 2.24) is 9.78 Å². The first-order valence-corrected chi connectivity index (χ1v) is 9.76. The minimum Gasteiger partial charge on any atom is -0.504 e. The van der Waals surface area contributed by atoms with E-state index in [-0.39, 0.29) is 34.3 Å². The molecular formula is C18H21N3O4S. The number of rotatable bonds is 3. The Morgan fingerprint density at radius 3 is 2.77 bits per heavy atom. The lowest BCUT2D eigenvalue weighted by molar-refractivity contribution is -0.113. The number of ether oxygens (including phenoxy) is 1. The molecule has 1 aromatic heterocycles. The molecule has 0 spiro atoms. The van der Waals surface area contributed by atoms with Crippen molar-refractivity contribution in [2.24, 2.45) is 0 Å². The molecule has 1 amide bonds. The van der Waals surface area contributed by atoms with E-state index in [9.17, 15) is 14.7 Å². The molecule has 4 rings (SSSR count). The molecule has 26 heavy (non-hydrogen) atoms. The van der Waals surface area contributed by atoms with Gasteiger partial charge < -0.3 is 15.2 Å². The van der Waals surface area contributed by atoms with Gasteiger partial charge in [0.25, 0.3) is 5.56 Å². The monoisotopic (exact) mass is 375 g/mol. The fourth-order valence-electron chi connectivity index (χ4n) is 3.80. The van der Waals surface area contributed by atoms with Gasteiger partial charge in [-0.2, -0.15) is 0 Å². The smallest absolute Gasteiger partial charge is 0.270 e. The number of hydrogen-bond acceptors (Lipinski definition) is 5. The Morgan fingerprint density at radius 2 is 2.04 bits per heavy atom. The average Bonchev–Trinajstić information content (AvgIpc) is 3.21. The van der Waals surface area contributed by atoms with Crippen LogP contribution in [0.1, 0.15) is 48.1 Å². The largest absolute Gasteiger partial charge is 0.504 e. The van der Waals surface area contributed by atoms with E-state index in [1.165, 1.54) is 18.9 Å². The topological polar surface area (TPSA) is 96.4 Å². The van der Waals surface area contributed by atoms with Crippen molar-refractivity contribution in [3.63, 3.8) is 0 Å². The van der Waals surface area contributed by atoms with Gasteiger partial charge in [0.1, 0.15) is 5.82 Å². The van der Waals surface area contributed by atoms with E-state index >= 15 is 0 Å². The molecule has 0 bridgehead atoms. The predicted molar refractivity (Wildman–Crippen MR) is 100 cm³/mol. The Kier molecular flexibility index (Phi) is 4.44. The molecule has 1 unspecified atom stereocenters. The summed E-state index contributed by atoms with van der Waals surface area (Å²) in [5, 5.41) is 15.4. The van der Waals surface area contributed by atoms with Gasteiger partial charge in [0.05, 0.1) is 29.7 Å². The average molecular weight is 375 g/mol. The SMILES string of the molecule is COc1cc(C2SCC(=O)Nc3c2c(=O)[nH]n3C2CCCC2)ccc1O. The first-order chi connectivity index (χ1) is 12.6. The summed E-state index contributed by atoms with van der Waals surface area (Å²) >= 11 is 1.40. The number of H-pyrrole nitrogens is 1. The fourth-order valence-corrected chi connectivity index (χ4v) is 4.92. The number of aromatic amines is 1. The lowest BCUT2D eigenvalue weighted by Gasteiger charge is -2.17. The number of thioether (sulfide) groups is 1. The summed E-state index contributed by atoms with van der Waals surface area (Å²) in [6.45, 7) is 0. The number of carbonyl (C=O) groups excluding carboxylic acids is 1. The first kappa shape index (κ1) is 17.1. The molecule has 2 heterocycles. The van der Waals surface area contributed by atoms with E-state index in [1.54, 1.807) is 18.2 Å². The molecule has 7 nitrogen and oxygen atoms in total. The number of nitrogens with zero attached hydrogens (tertiary/aromatic N) is 1. The number of nitrogens with one attached hydrogen (secondary N) is 2. The molecule has 1 aromatic carbocycles. The summed E-state index contributed by atoms with van der Waals surface area (Å²) < 4.78 is 7.05. The molecule has 1 saturated carbocycles. The highest BCUT2D eigenvalue weighted by Crippen LogP contribution is 2.43. The molecule has 1 atom stereocenters. The van der Waals surface area contributed by atoms with Crippen molar-refractivity contribution in [2.75, 3.05) is 18.2 Å². The molecule has 0 saturated heterocycles. The van der Waals surface area contributed by atoms with Gasteiger partial charge in [-0.1, -0.05) is 18.9 Å². The van der Waals surface area contributed by atoms with Crippen LogP contribution in [0.3, 0.4) is 0 Å². The molecule has 1 fully saturated rings. The van der Waals surface area contributed by atoms with Crippen LogP contribution in [0.5, 0.6) is 11.5 Å². The highest BCUT2D eigenvalue weighted by atomic mass is 32.2. The lowest BCUT2D eigenvalue weighted by atomic mass is 10.1. The maximum Gasteiger partial charge on any atom is 0.270 e. The van der Waals surface area contributed by atoms with Crippen LogP contribution >= 0.6 is 11.8 Å². The van der Waals surface area contributed by atoms with Gasteiger partial charge in [-0.3, -0.25) is 19.4 Å². The molecule has 1 aliphatic carbocycles. The van der Waals surface area contributed by atoms with Crippen LogP contribution in [0.25, 0.3) is 0 Å². The lowest BCUT2D eigenvalue weighted by Crippen LogP contribution is -2.18.